The summed E-state index contributed by atoms with van der Waals surface area (Å²) in [6, 6.07) is 16.3. The van der Waals surface area contributed by atoms with Crippen LogP contribution in [0.1, 0.15) is 38.9 Å². The van der Waals surface area contributed by atoms with Gasteiger partial charge in [-0.2, -0.15) is 9.78 Å². The second kappa shape index (κ2) is 14.1. The molecule has 1 aromatic heterocycles. The number of hydrogen-bond donors (Lipinski definition) is 1. The lowest BCUT2D eigenvalue weighted by atomic mass is 10.1. The van der Waals surface area contributed by atoms with Gasteiger partial charge < -0.3 is 19.1 Å². The molecular formula is C33H34BrN5O7. The molecule has 0 unspecified atom stereocenters. The van der Waals surface area contributed by atoms with E-state index in [9.17, 15) is 19.2 Å². The third kappa shape index (κ3) is 7.37. The molecule has 1 aliphatic heterocycles. The van der Waals surface area contributed by atoms with Crippen LogP contribution in [0.15, 0.2) is 68.7 Å². The number of nitrogens with one attached hydrogen (secondary N) is 1. The number of ether oxygens (including phenoxy) is 3. The van der Waals surface area contributed by atoms with Gasteiger partial charge in [0.1, 0.15) is 23.9 Å². The molecule has 46 heavy (non-hydrogen) atoms. The fourth-order valence-corrected chi connectivity index (χ4v) is 5.74. The third-order valence-corrected chi connectivity index (χ3v) is 8.33. The third-order valence-electron chi connectivity index (χ3n) is 7.71. The molecule has 0 radical (unpaired) electrons. The number of esters is 1. The molecule has 0 spiro atoms. The van der Waals surface area contributed by atoms with Crippen LogP contribution >= 0.6 is 15.9 Å². The predicted octanol–water partition coefficient (Wildman–Crippen LogP) is 4.28. The van der Waals surface area contributed by atoms with E-state index in [1.807, 2.05) is 38.1 Å². The molecule has 12 nitrogen and oxygen atoms in total. The monoisotopic (exact) mass is 691 g/mol. The van der Waals surface area contributed by atoms with Gasteiger partial charge in [-0.3, -0.25) is 19.5 Å². The molecule has 0 bridgehead atoms. The van der Waals surface area contributed by atoms with Crippen LogP contribution in [-0.2, 0) is 4.74 Å². The summed E-state index contributed by atoms with van der Waals surface area (Å²) in [4.78, 5) is 56.2. The van der Waals surface area contributed by atoms with Crippen molar-refractivity contribution in [3.63, 3.8) is 0 Å². The minimum atomic E-state index is -0.922. The molecule has 1 N–H and O–H groups in total. The van der Waals surface area contributed by atoms with E-state index in [4.69, 9.17) is 14.2 Å². The number of nitrogens with zero attached hydrogens (tertiary/aromatic N) is 4. The van der Waals surface area contributed by atoms with E-state index < -0.39 is 22.9 Å². The first-order chi connectivity index (χ1) is 22.0. The van der Waals surface area contributed by atoms with Crippen LogP contribution in [0, 0.1) is 13.8 Å². The molecule has 1 saturated heterocycles. The van der Waals surface area contributed by atoms with Crippen LogP contribution in [0.2, 0.25) is 0 Å². The molecular weight excluding hydrogens is 658 g/mol. The second-order valence-corrected chi connectivity index (χ2v) is 11.7. The highest BCUT2D eigenvalue weighted by Gasteiger charge is 2.21. The van der Waals surface area contributed by atoms with E-state index in [0.717, 1.165) is 41.0 Å². The Kier molecular flexibility index (Phi) is 10.0. The molecule has 1 aliphatic rings. The summed E-state index contributed by atoms with van der Waals surface area (Å²) in [5.74, 6) is 0.953. The number of benzene rings is 3. The van der Waals surface area contributed by atoms with E-state index in [1.165, 1.54) is 0 Å². The molecule has 0 amide bonds. The molecule has 2 heterocycles. The summed E-state index contributed by atoms with van der Waals surface area (Å²) in [7, 11) is 1.58. The molecule has 0 saturated carbocycles. The van der Waals surface area contributed by atoms with Crippen LogP contribution in [0.5, 0.6) is 17.2 Å². The Labute approximate surface area is 273 Å². The highest BCUT2D eigenvalue weighted by atomic mass is 79.9. The van der Waals surface area contributed by atoms with Crippen LogP contribution in [0.4, 0.5) is 5.69 Å². The fraction of sp³-hybridized carbons (Fsp3) is 0.303. The number of carbonyl (C=O) groups excluding carboxylic acids is 2. The Bertz CT molecular complexity index is 1860. The summed E-state index contributed by atoms with van der Waals surface area (Å²) < 4.78 is 18.5. The first-order valence-corrected chi connectivity index (χ1v) is 15.5. The van der Waals surface area contributed by atoms with Gasteiger partial charge in [0.15, 0.2) is 5.78 Å². The molecule has 4 aromatic rings. The molecule has 3 aromatic carbocycles. The number of hydrogen-bond acceptors (Lipinski definition) is 10. The average Bonchev–Trinajstić information content (AvgIpc) is 3.03. The van der Waals surface area contributed by atoms with E-state index in [-0.39, 0.29) is 12.4 Å². The van der Waals surface area contributed by atoms with Gasteiger partial charge in [-0.1, -0.05) is 0 Å². The Hall–Kier alpha value is -4.75. The fourth-order valence-electron chi connectivity index (χ4n) is 5.22. The van der Waals surface area contributed by atoms with Crippen molar-refractivity contribution >= 4 is 33.4 Å². The number of methoxy groups -OCH3 is 1. The number of aromatic nitrogens is 3. The Morgan fingerprint density at radius 3 is 2.22 bits per heavy atom. The van der Waals surface area contributed by atoms with Crippen molar-refractivity contribution in [2.24, 2.45) is 0 Å². The summed E-state index contributed by atoms with van der Waals surface area (Å²) in [5, 5.41) is 4.08. The van der Waals surface area contributed by atoms with Crippen LogP contribution in [0.25, 0.3) is 5.69 Å². The van der Waals surface area contributed by atoms with Crippen molar-refractivity contribution in [1.29, 1.82) is 0 Å². The standard InChI is InChI=1S/C33H34BrN5O7/c1-20-17-25(18-21(2)30(20)46-26-9-10-28(44-4)27(34)19-26)39-33(43)35-31(41)29(36-39)32(42)45-16-15-37-11-13-38(14-12-37)24-7-5-23(6-8-24)22(3)40/h5-10,17-19H,11-16H2,1-4H3,(H,35,41,43). The van der Waals surface area contributed by atoms with Crippen LogP contribution in [0.3, 0.4) is 0 Å². The normalized spacial score (nSPS) is 13.4. The lowest BCUT2D eigenvalue weighted by molar-refractivity contribution is 0.0447. The molecule has 240 valence electrons. The number of carbonyl (C=O) groups is 2. The molecule has 1 fully saturated rings. The van der Waals surface area contributed by atoms with Gasteiger partial charge in [0.2, 0.25) is 5.69 Å². The van der Waals surface area contributed by atoms with Crippen molar-refractivity contribution in [2.75, 3.05) is 51.3 Å². The van der Waals surface area contributed by atoms with Crippen molar-refractivity contribution < 1.29 is 23.8 Å². The number of anilines is 1. The number of ketones is 1. The van der Waals surface area contributed by atoms with E-state index in [0.29, 0.717) is 46.2 Å². The van der Waals surface area contributed by atoms with Gasteiger partial charge in [0.25, 0.3) is 5.56 Å². The zero-order valence-corrected chi connectivity index (χ0v) is 27.5. The second-order valence-electron chi connectivity index (χ2n) is 10.9. The number of halogens is 1. The number of rotatable bonds is 10. The minimum absolute atomic E-state index is 0.0336. The Balaban J connectivity index is 1.21. The van der Waals surface area contributed by atoms with Gasteiger partial charge in [0.05, 0.1) is 17.3 Å². The molecule has 5 rings (SSSR count). The predicted molar refractivity (Wildman–Crippen MR) is 176 cm³/mol. The van der Waals surface area contributed by atoms with Gasteiger partial charge in [-0.15, -0.1) is 0 Å². The van der Waals surface area contributed by atoms with Crippen molar-refractivity contribution in [3.8, 4) is 22.9 Å². The minimum Gasteiger partial charge on any atom is -0.496 e. The van der Waals surface area contributed by atoms with E-state index in [2.05, 4.69) is 35.8 Å². The maximum atomic E-state index is 12.9. The van der Waals surface area contributed by atoms with Crippen molar-refractivity contribution in [3.05, 3.63) is 102 Å². The quantitative estimate of drug-likeness (QED) is 0.190. The largest absolute Gasteiger partial charge is 0.496 e. The maximum Gasteiger partial charge on any atom is 0.364 e. The first-order valence-electron chi connectivity index (χ1n) is 14.7. The number of aryl methyl sites for hydroxylation is 2. The highest BCUT2D eigenvalue weighted by Crippen LogP contribution is 2.34. The molecule has 0 aliphatic carbocycles. The van der Waals surface area contributed by atoms with Crippen molar-refractivity contribution in [1.82, 2.24) is 19.7 Å². The summed E-state index contributed by atoms with van der Waals surface area (Å²) >= 11 is 3.45. The Morgan fingerprint density at radius 1 is 0.935 bits per heavy atom. The molecule has 13 heteroatoms. The van der Waals surface area contributed by atoms with Crippen LogP contribution < -0.4 is 25.6 Å². The van der Waals surface area contributed by atoms with Crippen molar-refractivity contribution in [2.45, 2.75) is 20.8 Å². The number of H-pyrrole nitrogens is 1. The maximum absolute atomic E-state index is 12.9. The van der Waals surface area contributed by atoms with Gasteiger partial charge in [0, 0.05) is 44.0 Å². The smallest absolute Gasteiger partial charge is 0.364 e. The first kappa shape index (κ1) is 32.6. The topological polar surface area (TPSA) is 136 Å². The number of aromatic amines is 1. The average molecular weight is 693 g/mol. The lowest BCUT2D eigenvalue weighted by Gasteiger charge is -2.36. The SMILES string of the molecule is COc1ccc(Oc2c(C)cc(-n3nc(C(=O)OCCN4CCN(c5ccc(C(C)=O)cc5)CC4)c(=O)[nH]c3=O)cc2C)cc1Br. The zero-order chi connectivity index (χ0) is 33.0. The van der Waals surface area contributed by atoms with E-state index in [1.54, 1.807) is 44.4 Å². The van der Waals surface area contributed by atoms with E-state index >= 15 is 0 Å². The zero-order valence-electron chi connectivity index (χ0n) is 26.0. The van der Waals surface area contributed by atoms with Gasteiger partial charge >= 0.3 is 11.7 Å². The Morgan fingerprint density at radius 2 is 1.61 bits per heavy atom. The number of piperazine rings is 1. The van der Waals surface area contributed by atoms with Gasteiger partial charge in [-0.05, 0) is 102 Å². The van der Waals surface area contributed by atoms with Gasteiger partial charge in [-0.25, -0.2) is 9.59 Å². The van der Waals surface area contributed by atoms with Crippen LogP contribution in [-0.4, -0.2) is 77.9 Å². The summed E-state index contributed by atoms with van der Waals surface area (Å²) in [6.07, 6.45) is 0. The summed E-state index contributed by atoms with van der Waals surface area (Å²) in [5.41, 5.74) is 1.27. The highest BCUT2D eigenvalue weighted by molar-refractivity contribution is 9.10. The lowest BCUT2D eigenvalue weighted by Crippen LogP contribution is -2.47. The summed E-state index contributed by atoms with van der Waals surface area (Å²) in [6.45, 7) is 8.78. The number of Topliss-reactive ketones (excluding diaryl/α,β-unsaturated/α-hetero) is 1. The molecule has 0 atom stereocenters.